The largest absolute Gasteiger partial charge is 0.481 e. The van der Waals surface area contributed by atoms with Crippen LogP contribution in [0.4, 0.5) is 0 Å². The van der Waals surface area contributed by atoms with Gasteiger partial charge in [-0.2, -0.15) is 0 Å². The summed E-state index contributed by atoms with van der Waals surface area (Å²) in [6.07, 6.45) is 0. The van der Waals surface area contributed by atoms with Crippen molar-refractivity contribution >= 4 is 29.4 Å². The smallest absolute Gasteiger partial charge is 0.308 e. The van der Waals surface area contributed by atoms with Gasteiger partial charge in [-0.15, -0.1) is 0 Å². The van der Waals surface area contributed by atoms with E-state index in [1.54, 1.807) is 41.3 Å². The van der Waals surface area contributed by atoms with Crippen molar-refractivity contribution in [2.75, 3.05) is 19.6 Å². The molecule has 0 saturated carbocycles. The molecule has 28 heavy (non-hydrogen) atoms. The van der Waals surface area contributed by atoms with E-state index in [-0.39, 0.29) is 30.8 Å². The van der Waals surface area contributed by atoms with Gasteiger partial charge in [-0.05, 0) is 29.3 Å². The number of fused-ring (bicyclic) bond motifs is 1. The lowest BCUT2D eigenvalue weighted by molar-refractivity contribution is -0.141. The van der Waals surface area contributed by atoms with Crippen LogP contribution < -0.4 is 0 Å². The number of carboxylic acids is 1. The highest BCUT2D eigenvalue weighted by molar-refractivity contribution is 6.30. The van der Waals surface area contributed by atoms with Crippen LogP contribution >= 0.6 is 11.6 Å². The molecule has 1 fully saturated rings. The molecule has 0 aliphatic carbocycles. The van der Waals surface area contributed by atoms with Gasteiger partial charge in [0.05, 0.1) is 5.92 Å². The first-order valence-corrected chi connectivity index (χ1v) is 9.45. The summed E-state index contributed by atoms with van der Waals surface area (Å²) in [7, 11) is 0. The third-order valence-corrected chi connectivity index (χ3v) is 5.76. The van der Waals surface area contributed by atoms with Crippen molar-refractivity contribution in [2.45, 2.75) is 12.5 Å². The minimum absolute atomic E-state index is 0.0484. The maximum Gasteiger partial charge on any atom is 0.308 e. The molecule has 1 saturated heterocycles. The molecule has 0 unspecified atom stereocenters. The number of rotatable bonds is 4. The monoisotopic (exact) mass is 398 g/mol. The fraction of sp³-hybridized carbons (Fsp3) is 0.286. The number of aliphatic carboxylic acids is 1. The molecule has 0 bridgehead atoms. The number of hydrogen-bond donors (Lipinski definition) is 1. The molecule has 0 aromatic heterocycles. The summed E-state index contributed by atoms with van der Waals surface area (Å²) in [4.78, 5) is 40.1. The molecule has 2 heterocycles. The van der Waals surface area contributed by atoms with Gasteiger partial charge in [0.15, 0.2) is 0 Å². The van der Waals surface area contributed by atoms with E-state index in [1.165, 1.54) is 4.90 Å². The van der Waals surface area contributed by atoms with Crippen LogP contribution in [0.2, 0.25) is 5.02 Å². The fourth-order valence-electron chi connectivity index (χ4n) is 4.01. The lowest BCUT2D eigenvalue weighted by atomic mass is 9.89. The van der Waals surface area contributed by atoms with E-state index in [2.05, 4.69) is 0 Å². The number of benzene rings is 2. The SMILES string of the molecule is O=C(O)[C@@H]1CN(C(=O)CN2Cc3ccccc3C2=O)C[C@H]1c1ccc(Cl)cc1. The second kappa shape index (κ2) is 7.28. The highest BCUT2D eigenvalue weighted by Gasteiger charge is 2.41. The van der Waals surface area contributed by atoms with Crippen molar-refractivity contribution in [3.63, 3.8) is 0 Å². The van der Waals surface area contributed by atoms with Gasteiger partial charge in [0, 0.05) is 36.1 Å². The van der Waals surface area contributed by atoms with Gasteiger partial charge in [0.25, 0.3) is 5.91 Å². The molecule has 4 rings (SSSR count). The third-order valence-electron chi connectivity index (χ3n) is 5.51. The molecule has 2 amide bonds. The van der Waals surface area contributed by atoms with E-state index in [1.807, 2.05) is 12.1 Å². The third kappa shape index (κ3) is 3.36. The Labute approximate surface area is 167 Å². The fourth-order valence-corrected chi connectivity index (χ4v) is 4.14. The molecular weight excluding hydrogens is 380 g/mol. The average Bonchev–Trinajstić information content (AvgIpc) is 3.25. The topological polar surface area (TPSA) is 77.9 Å². The van der Waals surface area contributed by atoms with Gasteiger partial charge >= 0.3 is 5.97 Å². The minimum Gasteiger partial charge on any atom is -0.481 e. The summed E-state index contributed by atoms with van der Waals surface area (Å²) in [6.45, 7) is 0.799. The van der Waals surface area contributed by atoms with Gasteiger partial charge < -0.3 is 14.9 Å². The summed E-state index contributed by atoms with van der Waals surface area (Å²) < 4.78 is 0. The predicted molar refractivity (Wildman–Crippen MR) is 103 cm³/mol. The molecule has 2 aromatic rings. The Hall–Kier alpha value is -2.86. The summed E-state index contributed by atoms with van der Waals surface area (Å²) in [6, 6.07) is 14.4. The predicted octanol–water partition coefficient (Wildman–Crippen LogP) is 2.62. The Kier molecular flexibility index (Phi) is 4.81. The van der Waals surface area contributed by atoms with E-state index in [4.69, 9.17) is 11.6 Å². The average molecular weight is 399 g/mol. The maximum atomic E-state index is 12.8. The second-order valence-electron chi connectivity index (χ2n) is 7.22. The Morgan fingerprint density at radius 1 is 1.07 bits per heavy atom. The van der Waals surface area contributed by atoms with Crippen LogP contribution in [0.5, 0.6) is 0 Å². The van der Waals surface area contributed by atoms with E-state index in [9.17, 15) is 19.5 Å². The molecule has 2 aliphatic heterocycles. The minimum atomic E-state index is -0.931. The number of carbonyl (C=O) groups is 3. The van der Waals surface area contributed by atoms with Crippen molar-refractivity contribution in [2.24, 2.45) is 5.92 Å². The molecule has 0 spiro atoms. The normalized spacial score (nSPS) is 21.1. The quantitative estimate of drug-likeness (QED) is 0.858. The van der Waals surface area contributed by atoms with E-state index >= 15 is 0 Å². The Balaban J connectivity index is 1.47. The van der Waals surface area contributed by atoms with E-state index < -0.39 is 11.9 Å². The van der Waals surface area contributed by atoms with Crippen LogP contribution in [-0.2, 0) is 16.1 Å². The zero-order valence-electron chi connectivity index (χ0n) is 15.0. The number of amides is 2. The molecule has 144 valence electrons. The van der Waals surface area contributed by atoms with Crippen molar-refractivity contribution in [1.82, 2.24) is 9.80 Å². The van der Waals surface area contributed by atoms with E-state index in [0.29, 0.717) is 23.7 Å². The number of carbonyl (C=O) groups excluding carboxylic acids is 2. The Bertz CT molecular complexity index is 944. The van der Waals surface area contributed by atoms with Gasteiger partial charge in [0.1, 0.15) is 6.54 Å². The maximum absolute atomic E-state index is 12.8. The van der Waals surface area contributed by atoms with Gasteiger partial charge in [-0.25, -0.2) is 0 Å². The first kappa shape index (κ1) is 18.5. The first-order valence-electron chi connectivity index (χ1n) is 9.07. The van der Waals surface area contributed by atoms with Crippen LogP contribution in [0.25, 0.3) is 0 Å². The van der Waals surface area contributed by atoms with Gasteiger partial charge in [-0.3, -0.25) is 14.4 Å². The van der Waals surface area contributed by atoms with Crippen molar-refractivity contribution in [1.29, 1.82) is 0 Å². The zero-order chi connectivity index (χ0) is 19.8. The summed E-state index contributed by atoms with van der Waals surface area (Å²) in [5, 5.41) is 10.2. The summed E-state index contributed by atoms with van der Waals surface area (Å²) >= 11 is 5.93. The van der Waals surface area contributed by atoms with Crippen LogP contribution in [0.1, 0.15) is 27.4 Å². The van der Waals surface area contributed by atoms with Crippen molar-refractivity contribution in [3.8, 4) is 0 Å². The second-order valence-corrected chi connectivity index (χ2v) is 7.66. The van der Waals surface area contributed by atoms with Crippen LogP contribution in [0.3, 0.4) is 0 Å². The molecule has 2 atom stereocenters. The lowest BCUT2D eigenvalue weighted by Crippen LogP contribution is -2.39. The van der Waals surface area contributed by atoms with Crippen LogP contribution in [-0.4, -0.2) is 52.3 Å². The molecule has 0 radical (unpaired) electrons. The number of halogens is 1. The molecule has 2 aliphatic rings. The van der Waals surface area contributed by atoms with Gasteiger partial charge in [-0.1, -0.05) is 41.9 Å². The first-order chi connectivity index (χ1) is 13.4. The summed E-state index contributed by atoms with van der Waals surface area (Å²) in [5.41, 5.74) is 2.38. The molecule has 1 N–H and O–H groups in total. The summed E-state index contributed by atoms with van der Waals surface area (Å²) in [5.74, 6) is -2.31. The van der Waals surface area contributed by atoms with Crippen molar-refractivity contribution in [3.05, 3.63) is 70.2 Å². The number of hydrogen-bond acceptors (Lipinski definition) is 3. The molecule has 2 aromatic carbocycles. The van der Waals surface area contributed by atoms with Gasteiger partial charge in [0.2, 0.25) is 5.91 Å². The molecule has 6 nitrogen and oxygen atoms in total. The Morgan fingerprint density at radius 3 is 2.46 bits per heavy atom. The lowest BCUT2D eigenvalue weighted by Gasteiger charge is -2.21. The highest BCUT2D eigenvalue weighted by atomic mass is 35.5. The number of carboxylic acid groups (broad SMARTS) is 1. The molecule has 7 heteroatoms. The molecular formula is C21H19ClN2O4. The highest BCUT2D eigenvalue weighted by Crippen LogP contribution is 2.34. The van der Waals surface area contributed by atoms with Crippen LogP contribution in [0, 0.1) is 5.92 Å². The van der Waals surface area contributed by atoms with Crippen LogP contribution in [0.15, 0.2) is 48.5 Å². The number of nitrogens with zero attached hydrogens (tertiary/aromatic N) is 2. The van der Waals surface area contributed by atoms with E-state index in [0.717, 1.165) is 11.1 Å². The zero-order valence-corrected chi connectivity index (χ0v) is 15.8. The Morgan fingerprint density at radius 2 is 1.79 bits per heavy atom. The number of likely N-dealkylation sites (tertiary alicyclic amines) is 1. The standard InChI is InChI=1S/C21H19ClN2O4/c22-15-7-5-13(6-8-15)17-10-23(11-18(17)21(27)28)19(25)12-24-9-14-3-1-2-4-16(14)20(24)26/h1-8,17-18H,9-12H2,(H,27,28)/t17-,18+/m0/s1. The van der Waals surface area contributed by atoms with Crippen molar-refractivity contribution < 1.29 is 19.5 Å².